The van der Waals surface area contributed by atoms with E-state index in [-0.39, 0.29) is 10.7 Å². The second kappa shape index (κ2) is 10.4. The van der Waals surface area contributed by atoms with Crippen molar-refractivity contribution in [2.24, 2.45) is 0 Å². The van der Waals surface area contributed by atoms with Crippen molar-refractivity contribution in [1.82, 2.24) is 4.98 Å². The van der Waals surface area contributed by atoms with Crippen LogP contribution in [-0.4, -0.2) is 11.0 Å². The number of rotatable bonds is 5. The fraction of sp³-hybridized carbons (Fsp3) is 0.0417. The molecule has 2 heterocycles. The molecule has 2 N–H and O–H groups in total. The van der Waals surface area contributed by atoms with Crippen LogP contribution in [0, 0.1) is 11.3 Å². The molecule has 0 unspecified atom stereocenters. The van der Waals surface area contributed by atoms with Crippen LogP contribution < -0.4 is 10.6 Å². The summed E-state index contributed by atoms with van der Waals surface area (Å²) in [6.45, 7) is 0. The van der Waals surface area contributed by atoms with Crippen LogP contribution in [0.1, 0.15) is 11.1 Å². The standard InChI is InChI=1S/C24H14ClF3N4OS2/c25-14-7-9-15(10-8-14)30-23(33)32-18-4-1-2-5-21(18)35-22-16(13-29)17(24(26,27)28)12-19(31-22)20-6-3-11-34-20/h1-12H,(H2,30,32,33). The number of nitrogens with zero attached hydrogens (tertiary/aromatic N) is 2. The van der Waals surface area contributed by atoms with Gasteiger partial charge in [-0.2, -0.15) is 18.4 Å². The molecule has 0 aliphatic rings. The zero-order valence-electron chi connectivity index (χ0n) is 17.6. The lowest BCUT2D eigenvalue weighted by Gasteiger charge is -2.15. The highest BCUT2D eigenvalue weighted by Gasteiger charge is 2.36. The van der Waals surface area contributed by atoms with E-state index in [9.17, 15) is 23.2 Å². The van der Waals surface area contributed by atoms with Gasteiger partial charge in [0.15, 0.2) is 0 Å². The predicted molar refractivity (Wildman–Crippen MR) is 132 cm³/mol. The minimum absolute atomic E-state index is 0.111. The Morgan fingerprint density at radius 1 is 1.06 bits per heavy atom. The number of anilines is 2. The first-order valence-corrected chi connectivity index (χ1v) is 12.0. The van der Waals surface area contributed by atoms with Gasteiger partial charge in [-0.25, -0.2) is 9.78 Å². The lowest BCUT2D eigenvalue weighted by Crippen LogP contribution is -2.19. The molecule has 4 rings (SSSR count). The van der Waals surface area contributed by atoms with E-state index in [0.717, 1.165) is 17.8 Å². The summed E-state index contributed by atoms with van der Waals surface area (Å²) in [4.78, 5) is 17.8. The first-order valence-electron chi connectivity index (χ1n) is 9.91. The molecule has 4 aromatic rings. The maximum Gasteiger partial charge on any atom is 0.417 e. The van der Waals surface area contributed by atoms with Crippen LogP contribution in [0.2, 0.25) is 5.02 Å². The van der Waals surface area contributed by atoms with E-state index < -0.39 is 23.3 Å². The first kappa shape index (κ1) is 24.6. The van der Waals surface area contributed by atoms with E-state index in [1.807, 2.05) is 0 Å². The number of carbonyl (C=O) groups excluding carboxylic acids is 1. The van der Waals surface area contributed by atoms with E-state index in [0.29, 0.717) is 26.2 Å². The number of nitriles is 1. The molecule has 0 aliphatic carbocycles. The molecule has 11 heteroatoms. The summed E-state index contributed by atoms with van der Waals surface area (Å²) in [6.07, 6.45) is -4.74. The Balaban J connectivity index is 1.67. The normalized spacial score (nSPS) is 11.1. The van der Waals surface area contributed by atoms with E-state index in [4.69, 9.17) is 11.6 Å². The lowest BCUT2D eigenvalue weighted by molar-refractivity contribution is -0.138. The maximum absolute atomic E-state index is 13.8. The van der Waals surface area contributed by atoms with Gasteiger partial charge in [-0.15, -0.1) is 11.3 Å². The fourth-order valence-corrected chi connectivity index (χ4v) is 4.86. The van der Waals surface area contributed by atoms with Gasteiger partial charge >= 0.3 is 12.2 Å². The van der Waals surface area contributed by atoms with Crippen LogP contribution in [0.25, 0.3) is 10.6 Å². The quantitative estimate of drug-likeness (QED) is 0.273. The van der Waals surface area contributed by atoms with Crippen LogP contribution in [0.4, 0.5) is 29.3 Å². The van der Waals surface area contributed by atoms with Crippen molar-refractivity contribution in [3.63, 3.8) is 0 Å². The Labute approximate surface area is 211 Å². The Kier molecular flexibility index (Phi) is 7.31. The zero-order valence-corrected chi connectivity index (χ0v) is 19.9. The average Bonchev–Trinajstić information content (AvgIpc) is 3.36. The third-order valence-electron chi connectivity index (χ3n) is 4.62. The summed E-state index contributed by atoms with van der Waals surface area (Å²) in [6, 6.07) is 18.4. The highest BCUT2D eigenvalue weighted by Crippen LogP contribution is 2.41. The molecule has 0 aliphatic heterocycles. The van der Waals surface area contributed by atoms with Gasteiger partial charge in [0.2, 0.25) is 0 Å². The molecule has 5 nitrogen and oxygen atoms in total. The van der Waals surface area contributed by atoms with Gasteiger partial charge in [0.1, 0.15) is 11.1 Å². The summed E-state index contributed by atoms with van der Waals surface area (Å²) in [5.74, 6) is 0. The van der Waals surface area contributed by atoms with Crippen LogP contribution in [0.3, 0.4) is 0 Å². The molecule has 176 valence electrons. The Hall–Kier alpha value is -3.52. The summed E-state index contributed by atoms with van der Waals surface area (Å²) < 4.78 is 41.4. The molecule has 2 aromatic heterocycles. The van der Waals surface area contributed by atoms with Gasteiger partial charge in [-0.05, 0) is 53.9 Å². The SMILES string of the molecule is N#Cc1c(C(F)(F)F)cc(-c2cccs2)nc1Sc1ccccc1NC(=O)Nc1ccc(Cl)cc1. The third kappa shape index (κ3) is 5.95. The minimum Gasteiger partial charge on any atom is -0.308 e. The number of thiophene rings is 1. The molecule has 0 saturated carbocycles. The van der Waals surface area contributed by atoms with Crippen molar-refractivity contribution in [3.05, 3.63) is 88.3 Å². The Morgan fingerprint density at radius 3 is 2.46 bits per heavy atom. The number of para-hydroxylation sites is 1. The highest BCUT2D eigenvalue weighted by molar-refractivity contribution is 7.99. The van der Waals surface area contributed by atoms with Crippen molar-refractivity contribution in [3.8, 4) is 16.6 Å². The molecule has 2 amide bonds. The largest absolute Gasteiger partial charge is 0.417 e. The molecule has 2 aromatic carbocycles. The molecular formula is C24H14ClF3N4OS2. The first-order chi connectivity index (χ1) is 16.7. The lowest BCUT2D eigenvalue weighted by atomic mass is 10.1. The smallest absolute Gasteiger partial charge is 0.308 e. The predicted octanol–water partition coefficient (Wildman–Crippen LogP) is 8.15. The molecule has 35 heavy (non-hydrogen) atoms. The van der Waals surface area contributed by atoms with Crippen LogP contribution >= 0.6 is 34.7 Å². The van der Waals surface area contributed by atoms with Gasteiger partial charge < -0.3 is 10.6 Å². The van der Waals surface area contributed by atoms with Gasteiger partial charge in [0, 0.05) is 15.6 Å². The van der Waals surface area contributed by atoms with Gasteiger partial charge in [0.25, 0.3) is 0 Å². The molecular weight excluding hydrogens is 517 g/mol. The molecule has 0 fully saturated rings. The number of hydrogen-bond donors (Lipinski definition) is 2. The number of pyridine rings is 1. The van der Waals surface area contributed by atoms with Crippen LogP contribution in [-0.2, 0) is 6.18 Å². The fourth-order valence-electron chi connectivity index (χ4n) is 3.06. The molecule has 0 bridgehead atoms. The van der Waals surface area contributed by atoms with Crippen LogP contribution in [0.15, 0.2) is 82.0 Å². The number of amides is 2. The monoisotopic (exact) mass is 530 g/mol. The number of nitrogens with one attached hydrogen (secondary N) is 2. The molecule has 0 atom stereocenters. The van der Waals surface area contributed by atoms with Crippen LogP contribution in [0.5, 0.6) is 0 Å². The van der Waals surface area contributed by atoms with Gasteiger partial charge in [-0.3, -0.25) is 0 Å². The van der Waals surface area contributed by atoms with E-state index in [1.165, 1.54) is 11.3 Å². The van der Waals surface area contributed by atoms with E-state index in [2.05, 4.69) is 15.6 Å². The van der Waals surface area contributed by atoms with E-state index in [1.54, 1.807) is 72.1 Å². The van der Waals surface area contributed by atoms with Gasteiger partial charge in [0.05, 0.1) is 27.4 Å². The van der Waals surface area contributed by atoms with Crippen molar-refractivity contribution in [2.45, 2.75) is 16.1 Å². The molecule has 0 spiro atoms. The number of aromatic nitrogens is 1. The van der Waals surface area contributed by atoms with Crippen molar-refractivity contribution in [2.75, 3.05) is 10.6 Å². The number of hydrogen-bond acceptors (Lipinski definition) is 5. The minimum atomic E-state index is -4.74. The topological polar surface area (TPSA) is 77.8 Å². The van der Waals surface area contributed by atoms with Crippen molar-refractivity contribution < 1.29 is 18.0 Å². The van der Waals surface area contributed by atoms with E-state index >= 15 is 0 Å². The Bertz CT molecular complexity index is 1400. The maximum atomic E-state index is 13.8. The summed E-state index contributed by atoms with van der Waals surface area (Å²) in [7, 11) is 0. The summed E-state index contributed by atoms with van der Waals surface area (Å²) in [5, 5.41) is 17.0. The number of benzene rings is 2. The molecule has 0 saturated heterocycles. The second-order valence-corrected chi connectivity index (χ2v) is 9.42. The summed E-state index contributed by atoms with van der Waals surface area (Å²) >= 11 is 7.96. The van der Waals surface area contributed by atoms with Gasteiger partial charge in [-0.1, -0.05) is 41.6 Å². The second-order valence-electron chi connectivity index (χ2n) is 7.01. The summed E-state index contributed by atoms with van der Waals surface area (Å²) in [5.41, 5.74) is -0.691. The average molecular weight is 531 g/mol. The zero-order chi connectivity index (χ0) is 25.0. The third-order valence-corrected chi connectivity index (χ3v) is 6.83. The number of halogens is 4. The van der Waals surface area contributed by atoms with Crippen molar-refractivity contribution in [1.29, 1.82) is 5.26 Å². The highest BCUT2D eigenvalue weighted by atomic mass is 35.5. The number of carbonyl (C=O) groups is 1. The Morgan fingerprint density at radius 2 is 1.80 bits per heavy atom. The number of alkyl halides is 3. The number of urea groups is 1. The molecule has 0 radical (unpaired) electrons. The van der Waals surface area contributed by atoms with Crippen molar-refractivity contribution >= 4 is 52.1 Å².